The van der Waals surface area contributed by atoms with Gasteiger partial charge in [0.25, 0.3) is 0 Å². The minimum Gasteiger partial charge on any atom is -0.393 e. The molecule has 0 spiro atoms. The molecule has 0 atom stereocenters. The molecule has 2 N–H and O–H groups in total. The van der Waals surface area contributed by atoms with Gasteiger partial charge in [0, 0.05) is 30.9 Å². The van der Waals surface area contributed by atoms with E-state index in [1.165, 1.54) is 0 Å². The molecule has 4 heterocycles. The topological polar surface area (TPSA) is 74.2 Å². The van der Waals surface area contributed by atoms with Crippen molar-refractivity contribution >= 4 is 16.9 Å². The molecule has 0 saturated carbocycles. The molecule has 0 unspecified atom stereocenters. The Morgan fingerprint density at radius 1 is 1.29 bits per heavy atom. The first-order valence-corrected chi connectivity index (χ1v) is 8.26. The van der Waals surface area contributed by atoms with Gasteiger partial charge in [-0.25, -0.2) is 4.98 Å². The van der Waals surface area contributed by atoms with Crippen molar-refractivity contribution in [2.45, 2.75) is 25.5 Å². The third kappa shape index (κ3) is 2.80. The standard InChI is InChI=1S/C18H20N4O2/c23-14-5-9-21(10-6-14)17(24)12-22-8-2-4-16(22)15-11-13-3-1-7-19-18(13)20-15/h1-4,7-8,11,14,23H,5-6,9-10,12H2,(H,19,20). The van der Waals surface area contributed by atoms with E-state index in [1.54, 1.807) is 6.20 Å². The Bertz CT molecular complexity index is 826. The number of hydrogen-bond donors (Lipinski definition) is 2. The van der Waals surface area contributed by atoms with Crippen LogP contribution in [0.3, 0.4) is 0 Å². The lowest BCUT2D eigenvalue weighted by atomic mass is 10.1. The predicted molar refractivity (Wildman–Crippen MR) is 91.3 cm³/mol. The number of hydrogen-bond acceptors (Lipinski definition) is 3. The van der Waals surface area contributed by atoms with Crippen LogP contribution in [0, 0.1) is 0 Å². The van der Waals surface area contributed by atoms with E-state index in [9.17, 15) is 9.90 Å². The molecule has 6 heteroatoms. The van der Waals surface area contributed by atoms with E-state index in [4.69, 9.17) is 0 Å². The Kier molecular flexibility index (Phi) is 3.82. The van der Waals surface area contributed by atoms with Crippen LogP contribution in [-0.2, 0) is 11.3 Å². The second kappa shape index (κ2) is 6.13. The van der Waals surface area contributed by atoms with Gasteiger partial charge in [0.15, 0.2) is 0 Å². The first-order valence-electron chi connectivity index (χ1n) is 8.26. The number of aromatic amines is 1. The van der Waals surface area contributed by atoms with Crippen molar-refractivity contribution in [3.8, 4) is 11.4 Å². The number of piperidine rings is 1. The molecule has 3 aromatic rings. The summed E-state index contributed by atoms with van der Waals surface area (Å²) in [5, 5.41) is 10.6. The van der Waals surface area contributed by atoms with Crippen molar-refractivity contribution in [1.82, 2.24) is 19.4 Å². The van der Waals surface area contributed by atoms with E-state index in [2.05, 4.69) is 16.0 Å². The van der Waals surface area contributed by atoms with Crippen LogP contribution >= 0.6 is 0 Å². The molecule has 0 radical (unpaired) electrons. The highest BCUT2D eigenvalue weighted by Gasteiger charge is 2.22. The van der Waals surface area contributed by atoms with Crippen LogP contribution in [0.1, 0.15) is 12.8 Å². The summed E-state index contributed by atoms with van der Waals surface area (Å²) in [4.78, 5) is 22.0. The van der Waals surface area contributed by atoms with Gasteiger partial charge in [0.2, 0.25) is 5.91 Å². The molecule has 0 aliphatic carbocycles. The molecule has 1 saturated heterocycles. The van der Waals surface area contributed by atoms with Crippen molar-refractivity contribution in [3.63, 3.8) is 0 Å². The van der Waals surface area contributed by atoms with Gasteiger partial charge >= 0.3 is 0 Å². The Morgan fingerprint density at radius 3 is 2.92 bits per heavy atom. The summed E-state index contributed by atoms with van der Waals surface area (Å²) in [6.45, 7) is 1.57. The third-order valence-electron chi connectivity index (χ3n) is 4.62. The van der Waals surface area contributed by atoms with E-state index in [1.807, 2.05) is 39.9 Å². The second-order valence-corrected chi connectivity index (χ2v) is 6.26. The summed E-state index contributed by atoms with van der Waals surface area (Å²) >= 11 is 0. The molecular formula is C18H20N4O2. The molecule has 1 aliphatic heterocycles. The number of nitrogens with zero attached hydrogens (tertiary/aromatic N) is 3. The quantitative estimate of drug-likeness (QED) is 0.774. The van der Waals surface area contributed by atoms with Crippen molar-refractivity contribution in [1.29, 1.82) is 0 Å². The number of carbonyl (C=O) groups excluding carboxylic acids is 1. The lowest BCUT2D eigenvalue weighted by Gasteiger charge is -2.29. The summed E-state index contributed by atoms with van der Waals surface area (Å²) in [5.74, 6) is 0.0913. The average Bonchev–Trinajstić information content (AvgIpc) is 3.21. The smallest absolute Gasteiger partial charge is 0.242 e. The summed E-state index contributed by atoms with van der Waals surface area (Å²) in [6.07, 6.45) is 4.74. The van der Waals surface area contributed by atoms with Gasteiger partial charge in [-0.2, -0.15) is 0 Å². The number of aromatic nitrogens is 3. The van der Waals surface area contributed by atoms with Gasteiger partial charge in [0.1, 0.15) is 12.2 Å². The normalized spacial score (nSPS) is 16.0. The van der Waals surface area contributed by atoms with Crippen LogP contribution in [0.25, 0.3) is 22.4 Å². The minimum absolute atomic E-state index is 0.0913. The average molecular weight is 324 g/mol. The number of nitrogens with one attached hydrogen (secondary N) is 1. The van der Waals surface area contributed by atoms with E-state index >= 15 is 0 Å². The number of carbonyl (C=O) groups is 1. The lowest BCUT2D eigenvalue weighted by Crippen LogP contribution is -2.41. The monoisotopic (exact) mass is 324 g/mol. The second-order valence-electron chi connectivity index (χ2n) is 6.26. The summed E-state index contributed by atoms with van der Waals surface area (Å²) in [6, 6.07) is 9.92. The fraction of sp³-hybridized carbons (Fsp3) is 0.333. The molecule has 4 rings (SSSR count). The number of H-pyrrole nitrogens is 1. The van der Waals surface area contributed by atoms with Crippen LogP contribution in [0.2, 0.25) is 0 Å². The summed E-state index contributed by atoms with van der Waals surface area (Å²) < 4.78 is 1.96. The Labute approximate surface area is 139 Å². The molecule has 1 aliphatic rings. The van der Waals surface area contributed by atoms with E-state index < -0.39 is 0 Å². The van der Waals surface area contributed by atoms with Gasteiger partial charge in [-0.3, -0.25) is 4.79 Å². The Balaban J connectivity index is 1.55. The zero-order valence-corrected chi connectivity index (χ0v) is 13.4. The zero-order chi connectivity index (χ0) is 16.5. The zero-order valence-electron chi connectivity index (χ0n) is 13.4. The van der Waals surface area contributed by atoms with E-state index in [0.29, 0.717) is 32.5 Å². The fourth-order valence-electron chi connectivity index (χ4n) is 3.25. The minimum atomic E-state index is -0.268. The number of fused-ring (bicyclic) bond motifs is 1. The predicted octanol–water partition coefficient (Wildman–Crippen LogP) is 2.01. The molecule has 3 aromatic heterocycles. The Morgan fingerprint density at radius 2 is 2.12 bits per heavy atom. The highest BCUT2D eigenvalue weighted by Crippen LogP contribution is 2.24. The fourth-order valence-corrected chi connectivity index (χ4v) is 3.25. The van der Waals surface area contributed by atoms with Crippen LogP contribution in [0.15, 0.2) is 42.7 Å². The molecule has 24 heavy (non-hydrogen) atoms. The van der Waals surface area contributed by atoms with Crippen molar-refractivity contribution in [2.24, 2.45) is 0 Å². The maximum absolute atomic E-state index is 12.5. The van der Waals surface area contributed by atoms with Gasteiger partial charge in [-0.05, 0) is 43.2 Å². The van der Waals surface area contributed by atoms with Gasteiger partial charge < -0.3 is 19.6 Å². The third-order valence-corrected chi connectivity index (χ3v) is 4.62. The van der Waals surface area contributed by atoms with E-state index in [-0.39, 0.29) is 12.0 Å². The number of likely N-dealkylation sites (tertiary alicyclic amines) is 1. The van der Waals surface area contributed by atoms with Crippen LogP contribution in [0.5, 0.6) is 0 Å². The van der Waals surface area contributed by atoms with Crippen molar-refractivity contribution in [2.75, 3.05) is 13.1 Å². The number of aliphatic hydroxyl groups excluding tert-OH is 1. The Hall–Kier alpha value is -2.60. The molecular weight excluding hydrogens is 304 g/mol. The number of rotatable bonds is 3. The van der Waals surface area contributed by atoms with E-state index in [0.717, 1.165) is 22.4 Å². The SMILES string of the molecule is O=C(Cn1cccc1-c1cc2cccnc2[nH]1)N1CCC(O)CC1. The lowest BCUT2D eigenvalue weighted by molar-refractivity contribution is -0.133. The highest BCUT2D eigenvalue weighted by atomic mass is 16.3. The number of aliphatic hydroxyl groups is 1. The number of pyridine rings is 1. The summed E-state index contributed by atoms with van der Waals surface area (Å²) in [7, 11) is 0. The van der Waals surface area contributed by atoms with Crippen molar-refractivity contribution < 1.29 is 9.90 Å². The largest absolute Gasteiger partial charge is 0.393 e. The molecule has 6 nitrogen and oxygen atoms in total. The molecule has 0 aromatic carbocycles. The summed E-state index contributed by atoms with van der Waals surface area (Å²) in [5.41, 5.74) is 2.77. The van der Waals surface area contributed by atoms with Gasteiger partial charge in [-0.1, -0.05) is 0 Å². The molecule has 0 bridgehead atoms. The first kappa shape index (κ1) is 15.0. The maximum atomic E-state index is 12.5. The maximum Gasteiger partial charge on any atom is 0.242 e. The van der Waals surface area contributed by atoms with Gasteiger partial charge in [-0.15, -0.1) is 0 Å². The van der Waals surface area contributed by atoms with Gasteiger partial charge in [0.05, 0.1) is 17.5 Å². The molecule has 1 fully saturated rings. The van der Waals surface area contributed by atoms with Crippen LogP contribution in [-0.4, -0.2) is 49.6 Å². The highest BCUT2D eigenvalue weighted by molar-refractivity contribution is 5.83. The molecule has 1 amide bonds. The number of amides is 1. The molecule has 124 valence electrons. The van der Waals surface area contributed by atoms with Crippen LogP contribution in [0.4, 0.5) is 0 Å². The van der Waals surface area contributed by atoms with Crippen molar-refractivity contribution in [3.05, 3.63) is 42.7 Å². The first-order chi connectivity index (χ1) is 11.7. The van der Waals surface area contributed by atoms with Crippen LogP contribution < -0.4 is 0 Å².